The van der Waals surface area contributed by atoms with Crippen LogP contribution in [0.15, 0.2) is 48.9 Å². The van der Waals surface area contributed by atoms with Gasteiger partial charge in [-0.25, -0.2) is 4.39 Å². The fraction of sp³-hybridized carbons (Fsp3) is 0.286. The number of phenolic OH excluding ortho intramolecular Hbond substituents is 1. The Labute approximate surface area is 223 Å². The average Bonchev–Trinajstić information content (AvgIpc) is 3.76. The third-order valence-corrected chi connectivity index (χ3v) is 7.50. The second-order valence-electron chi connectivity index (χ2n) is 9.61. The van der Waals surface area contributed by atoms with Gasteiger partial charge >= 0.3 is 6.01 Å². The van der Waals surface area contributed by atoms with Crippen molar-refractivity contribution in [2.24, 2.45) is 0 Å². The molecule has 0 bridgehead atoms. The maximum atomic E-state index is 13.4. The molecule has 1 N–H and O–H groups in total. The number of methoxy groups -OCH3 is 1. The van der Waals surface area contributed by atoms with Gasteiger partial charge in [-0.1, -0.05) is 30.3 Å². The molecule has 38 heavy (non-hydrogen) atoms. The molecular formula is C28H25ClFN5O3. The molecule has 0 atom stereocenters. The smallest absolute Gasteiger partial charge is 0.318 e. The number of aromatic nitrogens is 3. The molecule has 10 heteroatoms. The Balaban J connectivity index is 1.51. The highest BCUT2D eigenvalue weighted by molar-refractivity contribution is 6.36. The number of rotatable bonds is 5. The van der Waals surface area contributed by atoms with Gasteiger partial charge in [-0.3, -0.25) is 9.78 Å². The summed E-state index contributed by atoms with van der Waals surface area (Å²) in [5.41, 5.74) is 3.98. The van der Waals surface area contributed by atoms with Gasteiger partial charge in [0.15, 0.2) is 11.6 Å². The largest absolute Gasteiger partial charge is 0.508 e. The summed E-state index contributed by atoms with van der Waals surface area (Å²) in [4.78, 5) is 29.7. The van der Waals surface area contributed by atoms with Gasteiger partial charge in [-0.15, -0.1) is 0 Å². The van der Waals surface area contributed by atoms with Crippen LogP contribution < -0.4 is 9.64 Å². The number of nitrogens with zero attached hydrogens (tertiary/aromatic N) is 5. The molecule has 2 aromatic carbocycles. The van der Waals surface area contributed by atoms with Crippen molar-refractivity contribution in [3.05, 3.63) is 59.5 Å². The average molecular weight is 534 g/mol. The summed E-state index contributed by atoms with van der Waals surface area (Å²) in [5, 5.41) is 12.8. The van der Waals surface area contributed by atoms with Crippen LogP contribution in [0, 0.1) is 0 Å². The van der Waals surface area contributed by atoms with Gasteiger partial charge < -0.3 is 19.6 Å². The summed E-state index contributed by atoms with van der Waals surface area (Å²) in [6, 6.07) is 9.24. The Bertz CT molecular complexity index is 1620. The lowest BCUT2D eigenvalue weighted by Crippen LogP contribution is -2.49. The summed E-state index contributed by atoms with van der Waals surface area (Å²) in [7, 11) is 1.52. The predicted molar refractivity (Wildman–Crippen MR) is 145 cm³/mol. The van der Waals surface area contributed by atoms with E-state index >= 15 is 0 Å². The first-order valence-corrected chi connectivity index (χ1v) is 12.8. The molecule has 1 amide bonds. The summed E-state index contributed by atoms with van der Waals surface area (Å²) in [5.74, 6) is -0.639. The third-order valence-electron chi connectivity index (χ3n) is 7.18. The monoisotopic (exact) mass is 533 g/mol. The van der Waals surface area contributed by atoms with Crippen LogP contribution in [0.2, 0.25) is 5.02 Å². The van der Waals surface area contributed by atoms with E-state index in [-0.39, 0.29) is 17.7 Å². The number of pyridine rings is 1. The van der Waals surface area contributed by atoms with Crippen molar-refractivity contribution in [1.82, 2.24) is 19.9 Å². The molecule has 8 nitrogen and oxygen atoms in total. The number of carbonyl (C=O) groups excluding carboxylic acids is 1. The van der Waals surface area contributed by atoms with Crippen molar-refractivity contribution in [3.63, 3.8) is 0 Å². The fourth-order valence-electron chi connectivity index (χ4n) is 5.24. The zero-order valence-electron chi connectivity index (χ0n) is 20.7. The van der Waals surface area contributed by atoms with E-state index < -0.39 is 11.7 Å². The van der Waals surface area contributed by atoms with Crippen molar-refractivity contribution in [3.8, 4) is 22.9 Å². The van der Waals surface area contributed by atoms with Crippen LogP contribution in [0.1, 0.15) is 24.3 Å². The van der Waals surface area contributed by atoms with Crippen molar-refractivity contribution in [2.45, 2.75) is 18.8 Å². The minimum absolute atomic E-state index is 0.140. The molecule has 1 aliphatic heterocycles. The standard InChI is InChI=1S/C28H25ClFN5O3/c1-15(30)27(37)35-10-8-34(9-11-35)26-25-24(32-28(33-26)38-2)23(16-6-7-16)20(14-31-25)19-13-18(36)12-17-4-3-5-21(29)22(17)19/h3-5,12-14,16,36H,1,6-11H2,2H3. The van der Waals surface area contributed by atoms with Gasteiger partial charge in [0.05, 0.1) is 7.11 Å². The van der Waals surface area contributed by atoms with E-state index in [1.54, 1.807) is 18.3 Å². The topological polar surface area (TPSA) is 91.7 Å². The maximum absolute atomic E-state index is 13.4. The van der Waals surface area contributed by atoms with Crippen LogP contribution in [-0.4, -0.2) is 64.2 Å². The highest BCUT2D eigenvalue weighted by Crippen LogP contribution is 2.49. The van der Waals surface area contributed by atoms with Crippen LogP contribution in [0.25, 0.3) is 32.9 Å². The lowest BCUT2D eigenvalue weighted by molar-refractivity contribution is -0.128. The summed E-state index contributed by atoms with van der Waals surface area (Å²) >= 11 is 6.65. The highest BCUT2D eigenvalue weighted by Gasteiger charge is 2.33. The van der Waals surface area contributed by atoms with Gasteiger partial charge in [0.2, 0.25) is 0 Å². The van der Waals surface area contributed by atoms with Crippen LogP contribution in [0.3, 0.4) is 0 Å². The Morgan fingerprint density at radius 2 is 1.89 bits per heavy atom. The zero-order chi connectivity index (χ0) is 26.6. The first kappa shape index (κ1) is 24.4. The van der Waals surface area contributed by atoms with Crippen LogP contribution in [-0.2, 0) is 4.79 Å². The molecule has 4 aromatic rings. The number of carbonyl (C=O) groups is 1. The number of fused-ring (bicyclic) bond motifs is 2. The lowest BCUT2D eigenvalue weighted by Gasteiger charge is -2.35. The van der Waals surface area contributed by atoms with Gasteiger partial charge in [0, 0.05) is 48.3 Å². The first-order valence-electron chi connectivity index (χ1n) is 12.4. The minimum Gasteiger partial charge on any atom is -0.508 e. The number of aromatic hydroxyl groups is 1. The number of halogens is 2. The molecule has 2 aromatic heterocycles. The molecule has 2 aliphatic rings. The Morgan fingerprint density at radius 3 is 2.58 bits per heavy atom. The van der Waals surface area contributed by atoms with Crippen molar-refractivity contribution < 1.29 is 19.0 Å². The second kappa shape index (κ2) is 9.40. The van der Waals surface area contributed by atoms with E-state index in [9.17, 15) is 14.3 Å². The van der Waals surface area contributed by atoms with E-state index in [0.717, 1.165) is 40.3 Å². The molecule has 0 radical (unpaired) electrons. The fourth-order valence-corrected chi connectivity index (χ4v) is 5.52. The number of amides is 1. The third kappa shape index (κ3) is 4.16. The van der Waals surface area contributed by atoms with E-state index in [1.165, 1.54) is 12.0 Å². The van der Waals surface area contributed by atoms with Gasteiger partial charge in [0.1, 0.15) is 16.8 Å². The normalized spacial score (nSPS) is 15.8. The number of hydrogen-bond acceptors (Lipinski definition) is 7. The summed E-state index contributed by atoms with van der Waals surface area (Å²) in [6.07, 6.45) is 3.82. The number of anilines is 1. The van der Waals surface area contributed by atoms with Crippen LogP contribution in [0.4, 0.5) is 10.2 Å². The number of phenols is 1. The quantitative estimate of drug-likeness (QED) is 0.351. The van der Waals surface area contributed by atoms with Crippen LogP contribution >= 0.6 is 11.6 Å². The SMILES string of the molecule is C=C(F)C(=O)N1CCN(c2nc(OC)nc3c(C4CC4)c(-c4cc(O)cc5cccc(Cl)c45)cnc23)CC1. The molecule has 2 fully saturated rings. The van der Waals surface area contributed by atoms with E-state index in [4.69, 9.17) is 26.3 Å². The molecule has 1 aliphatic carbocycles. The molecule has 194 valence electrons. The van der Waals surface area contributed by atoms with Crippen molar-refractivity contribution >= 4 is 45.1 Å². The first-order chi connectivity index (χ1) is 18.4. The predicted octanol–water partition coefficient (Wildman–Crippen LogP) is 5.22. The van der Waals surface area contributed by atoms with Crippen LogP contribution in [0.5, 0.6) is 11.8 Å². The Hall–Kier alpha value is -3.98. The highest BCUT2D eigenvalue weighted by atomic mass is 35.5. The Morgan fingerprint density at radius 1 is 1.13 bits per heavy atom. The van der Waals surface area contributed by atoms with E-state index in [1.807, 2.05) is 23.1 Å². The van der Waals surface area contributed by atoms with Crippen molar-refractivity contribution in [1.29, 1.82) is 0 Å². The number of benzene rings is 2. The van der Waals surface area contributed by atoms with Gasteiger partial charge in [-0.05, 0) is 53.5 Å². The van der Waals surface area contributed by atoms with Gasteiger partial charge in [0.25, 0.3) is 5.91 Å². The van der Waals surface area contributed by atoms with Crippen molar-refractivity contribution in [2.75, 3.05) is 38.2 Å². The molecule has 6 rings (SSSR count). The summed E-state index contributed by atoms with van der Waals surface area (Å²) < 4.78 is 18.9. The second-order valence-corrected chi connectivity index (χ2v) is 10.0. The lowest BCUT2D eigenvalue weighted by atomic mass is 9.92. The molecule has 3 heterocycles. The summed E-state index contributed by atoms with van der Waals surface area (Å²) in [6.45, 7) is 4.68. The minimum atomic E-state index is -0.963. The molecule has 0 spiro atoms. The van der Waals surface area contributed by atoms with E-state index in [2.05, 4.69) is 11.6 Å². The number of piperazine rings is 1. The molecule has 1 saturated carbocycles. The zero-order valence-corrected chi connectivity index (χ0v) is 21.5. The molecule has 0 unspecified atom stereocenters. The molecule has 1 saturated heterocycles. The molecular weight excluding hydrogens is 509 g/mol. The number of ether oxygens (including phenoxy) is 1. The Kier molecular flexibility index (Phi) is 6.03. The van der Waals surface area contributed by atoms with Gasteiger partial charge in [-0.2, -0.15) is 9.97 Å². The van der Waals surface area contributed by atoms with E-state index in [0.29, 0.717) is 48.1 Å². The number of hydrogen-bond donors (Lipinski definition) is 1. The maximum Gasteiger partial charge on any atom is 0.318 e.